The summed E-state index contributed by atoms with van der Waals surface area (Å²) in [6.07, 6.45) is 5.09. The quantitative estimate of drug-likeness (QED) is 0.594. The normalized spacial score (nSPS) is 19.5. The van der Waals surface area contributed by atoms with Crippen LogP contribution in [-0.2, 0) is 4.74 Å². The van der Waals surface area contributed by atoms with Crippen molar-refractivity contribution in [3.8, 4) is 5.69 Å². The lowest BCUT2D eigenvalue weighted by atomic mass is 9.90. The molecule has 9 heteroatoms. The number of piperidine rings is 1. The summed E-state index contributed by atoms with van der Waals surface area (Å²) in [7, 11) is 0. The summed E-state index contributed by atoms with van der Waals surface area (Å²) in [4.78, 5) is 30.2. The molecule has 2 aromatic rings. The highest BCUT2D eigenvalue weighted by atomic mass is 35.5. The zero-order valence-electron chi connectivity index (χ0n) is 21.8. The monoisotopic (exact) mass is 515 g/mol. The smallest absolute Gasteiger partial charge is 0.410 e. The molecule has 4 rings (SSSR count). The van der Waals surface area contributed by atoms with Crippen molar-refractivity contribution in [2.24, 2.45) is 0 Å². The molecule has 0 spiro atoms. The summed E-state index contributed by atoms with van der Waals surface area (Å²) < 4.78 is 7.39. The number of likely N-dealkylation sites (N-methyl/N-ethyl adjacent to an activating group) is 1. The molecule has 2 saturated heterocycles. The number of rotatable bonds is 6. The van der Waals surface area contributed by atoms with Gasteiger partial charge in [-0.2, -0.15) is 5.10 Å². The molecule has 2 aliphatic rings. The van der Waals surface area contributed by atoms with Gasteiger partial charge in [0.15, 0.2) is 0 Å². The van der Waals surface area contributed by atoms with Gasteiger partial charge >= 0.3 is 6.09 Å². The summed E-state index contributed by atoms with van der Waals surface area (Å²) in [6.45, 7) is 11.6. The first-order valence-electron chi connectivity index (χ1n) is 13.0. The Morgan fingerprint density at radius 1 is 1.17 bits per heavy atom. The van der Waals surface area contributed by atoms with Gasteiger partial charge in [-0.1, -0.05) is 24.6 Å². The van der Waals surface area contributed by atoms with Crippen molar-refractivity contribution >= 4 is 23.6 Å². The highest BCUT2D eigenvalue weighted by Crippen LogP contribution is 2.33. The van der Waals surface area contributed by atoms with E-state index in [-0.39, 0.29) is 17.9 Å². The molecule has 3 heterocycles. The Morgan fingerprint density at radius 3 is 2.58 bits per heavy atom. The third kappa shape index (κ3) is 6.21. The predicted molar refractivity (Wildman–Crippen MR) is 141 cm³/mol. The van der Waals surface area contributed by atoms with Crippen LogP contribution in [0.25, 0.3) is 5.69 Å². The lowest BCUT2D eigenvalue weighted by Crippen LogP contribution is -2.42. The van der Waals surface area contributed by atoms with Crippen molar-refractivity contribution in [2.45, 2.75) is 70.9 Å². The van der Waals surface area contributed by atoms with Crippen molar-refractivity contribution < 1.29 is 14.3 Å². The van der Waals surface area contributed by atoms with Crippen LogP contribution in [0.1, 0.15) is 75.3 Å². The summed E-state index contributed by atoms with van der Waals surface area (Å²) in [5, 5.41) is 8.40. The molecule has 0 unspecified atom stereocenters. The maximum Gasteiger partial charge on any atom is 0.410 e. The zero-order valence-corrected chi connectivity index (χ0v) is 22.6. The van der Waals surface area contributed by atoms with Gasteiger partial charge < -0.3 is 15.0 Å². The molecule has 2 fully saturated rings. The first-order valence-corrected chi connectivity index (χ1v) is 13.4. The van der Waals surface area contributed by atoms with E-state index >= 15 is 0 Å². The summed E-state index contributed by atoms with van der Waals surface area (Å²) >= 11 is 6.28. The zero-order chi connectivity index (χ0) is 25.9. The number of carbonyl (C=O) groups excluding carboxylic acids is 2. The van der Waals surface area contributed by atoms with E-state index in [2.05, 4.69) is 22.2 Å². The molecule has 2 amide bonds. The van der Waals surface area contributed by atoms with E-state index in [1.54, 1.807) is 11.1 Å². The molecule has 196 valence electrons. The van der Waals surface area contributed by atoms with Crippen LogP contribution < -0.4 is 5.32 Å². The van der Waals surface area contributed by atoms with E-state index in [0.29, 0.717) is 36.3 Å². The Labute approximate surface area is 218 Å². The Bertz CT molecular complexity index is 1070. The number of aromatic nitrogens is 2. The first-order chi connectivity index (χ1) is 17.2. The van der Waals surface area contributed by atoms with Gasteiger partial charge in [0.25, 0.3) is 5.91 Å². The minimum absolute atomic E-state index is 0.0736. The lowest BCUT2D eigenvalue weighted by Gasteiger charge is -2.34. The standard InChI is InChI=1S/C27H38ClN5O3/c1-5-31-13-7-10-22(31)17-29-25(34)23-18-30-33(21-9-6-8-20(28)16-21)24(23)19-11-14-32(15-12-19)26(35)36-27(2,3)4/h6,8-9,16,18-19,22H,5,7,10-15,17H2,1-4H3,(H,29,34)/t22-/m1/s1. The number of carbonyl (C=O) groups is 2. The summed E-state index contributed by atoms with van der Waals surface area (Å²) in [5.41, 5.74) is 1.75. The molecule has 8 nitrogen and oxygen atoms in total. The Hall–Kier alpha value is -2.58. The largest absolute Gasteiger partial charge is 0.444 e. The molecule has 0 saturated carbocycles. The minimum atomic E-state index is -0.531. The van der Waals surface area contributed by atoms with Crippen LogP contribution in [-0.4, -0.2) is 75.9 Å². The highest BCUT2D eigenvalue weighted by Gasteiger charge is 2.32. The summed E-state index contributed by atoms with van der Waals surface area (Å²) in [5.74, 6) is -0.0275. The van der Waals surface area contributed by atoms with Gasteiger partial charge in [-0.15, -0.1) is 0 Å². The summed E-state index contributed by atoms with van der Waals surface area (Å²) in [6, 6.07) is 7.88. The van der Waals surface area contributed by atoms with E-state index in [1.807, 2.05) is 49.7 Å². The molecular formula is C27H38ClN5O3. The second-order valence-corrected chi connectivity index (χ2v) is 11.1. The van der Waals surface area contributed by atoms with Gasteiger partial charge in [0.1, 0.15) is 5.60 Å². The van der Waals surface area contributed by atoms with Crippen molar-refractivity contribution in [2.75, 3.05) is 32.7 Å². The maximum absolute atomic E-state index is 13.4. The molecule has 0 radical (unpaired) electrons. The Kier molecular flexibility index (Phi) is 8.25. The number of benzene rings is 1. The average Bonchev–Trinajstić information content (AvgIpc) is 3.48. The fourth-order valence-corrected chi connectivity index (χ4v) is 5.43. The van der Waals surface area contributed by atoms with Crippen molar-refractivity contribution in [1.29, 1.82) is 0 Å². The third-order valence-electron chi connectivity index (χ3n) is 7.04. The minimum Gasteiger partial charge on any atom is -0.444 e. The van der Waals surface area contributed by atoms with E-state index in [0.717, 1.165) is 43.7 Å². The molecule has 1 atom stereocenters. The molecule has 0 bridgehead atoms. The lowest BCUT2D eigenvalue weighted by molar-refractivity contribution is 0.0203. The van der Waals surface area contributed by atoms with Crippen LogP contribution in [0, 0.1) is 0 Å². The third-order valence-corrected chi connectivity index (χ3v) is 7.28. The number of hydrogen-bond donors (Lipinski definition) is 1. The fourth-order valence-electron chi connectivity index (χ4n) is 5.25. The SMILES string of the molecule is CCN1CCC[C@@H]1CNC(=O)c1cnn(-c2cccc(Cl)c2)c1C1CCN(C(=O)OC(C)(C)C)CC1. The number of ether oxygens (including phenoxy) is 1. The highest BCUT2D eigenvalue weighted by molar-refractivity contribution is 6.30. The van der Waals surface area contributed by atoms with Gasteiger partial charge in [0.2, 0.25) is 0 Å². The van der Waals surface area contributed by atoms with Crippen LogP contribution in [0.5, 0.6) is 0 Å². The van der Waals surface area contributed by atoms with Crippen molar-refractivity contribution in [3.05, 3.63) is 46.7 Å². The second kappa shape index (κ2) is 11.2. The van der Waals surface area contributed by atoms with Gasteiger partial charge in [0.05, 0.1) is 23.1 Å². The Morgan fingerprint density at radius 2 is 1.92 bits per heavy atom. The van der Waals surface area contributed by atoms with Crippen LogP contribution in [0.4, 0.5) is 4.79 Å². The van der Waals surface area contributed by atoms with Gasteiger partial charge in [-0.3, -0.25) is 9.69 Å². The fraction of sp³-hybridized carbons (Fsp3) is 0.593. The first kappa shape index (κ1) is 26.5. The number of halogens is 1. The van der Waals surface area contributed by atoms with Crippen LogP contribution in [0.15, 0.2) is 30.5 Å². The van der Waals surface area contributed by atoms with Gasteiger partial charge in [-0.05, 0) is 77.7 Å². The molecule has 36 heavy (non-hydrogen) atoms. The molecular weight excluding hydrogens is 478 g/mol. The number of amides is 2. The topological polar surface area (TPSA) is 79.7 Å². The molecule has 2 aliphatic heterocycles. The van der Waals surface area contributed by atoms with E-state index < -0.39 is 5.60 Å². The van der Waals surface area contributed by atoms with Gasteiger partial charge in [0, 0.05) is 36.6 Å². The van der Waals surface area contributed by atoms with E-state index in [4.69, 9.17) is 16.3 Å². The average molecular weight is 516 g/mol. The Balaban J connectivity index is 1.54. The molecule has 1 aromatic carbocycles. The van der Waals surface area contributed by atoms with Crippen LogP contribution in [0.2, 0.25) is 5.02 Å². The molecule has 0 aliphatic carbocycles. The number of hydrogen-bond acceptors (Lipinski definition) is 5. The number of likely N-dealkylation sites (tertiary alicyclic amines) is 2. The van der Waals surface area contributed by atoms with E-state index in [9.17, 15) is 9.59 Å². The van der Waals surface area contributed by atoms with Crippen LogP contribution >= 0.6 is 11.6 Å². The van der Waals surface area contributed by atoms with Crippen LogP contribution in [0.3, 0.4) is 0 Å². The number of nitrogens with one attached hydrogen (secondary N) is 1. The van der Waals surface area contributed by atoms with Crippen molar-refractivity contribution in [1.82, 2.24) is 24.9 Å². The predicted octanol–water partition coefficient (Wildman–Crippen LogP) is 4.85. The van der Waals surface area contributed by atoms with Crippen molar-refractivity contribution in [3.63, 3.8) is 0 Å². The van der Waals surface area contributed by atoms with E-state index in [1.165, 1.54) is 6.42 Å². The second-order valence-electron chi connectivity index (χ2n) is 10.7. The van der Waals surface area contributed by atoms with Gasteiger partial charge in [-0.25, -0.2) is 9.48 Å². The molecule has 1 aromatic heterocycles. The molecule has 1 N–H and O–H groups in total. The maximum atomic E-state index is 13.4. The number of nitrogens with zero attached hydrogens (tertiary/aromatic N) is 4.